The molecule has 0 spiro atoms. The van der Waals surface area contributed by atoms with E-state index in [1.54, 1.807) is 24.3 Å². The van der Waals surface area contributed by atoms with Gasteiger partial charge in [0, 0.05) is 17.1 Å². The number of hydrogen-bond acceptors (Lipinski definition) is 2. The van der Waals surface area contributed by atoms with Crippen LogP contribution < -0.4 is 5.32 Å². The molecule has 0 saturated carbocycles. The van der Waals surface area contributed by atoms with Gasteiger partial charge in [-0.25, -0.2) is 0 Å². The molecule has 0 aromatic heterocycles. The molecule has 16 heavy (non-hydrogen) atoms. The SMILES string of the molecule is CC(C)C(O)CNC(=O)c1ccc(Cl)cc1. The lowest BCUT2D eigenvalue weighted by atomic mass is 10.1. The van der Waals surface area contributed by atoms with Gasteiger partial charge in [-0.3, -0.25) is 4.79 Å². The molecule has 0 bridgehead atoms. The van der Waals surface area contributed by atoms with Gasteiger partial charge in [0.05, 0.1) is 6.10 Å². The predicted octanol–water partition coefficient (Wildman–Crippen LogP) is 2.09. The summed E-state index contributed by atoms with van der Waals surface area (Å²) in [6.07, 6.45) is -0.517. The smallest absolute Gasteiger partial charge is 0.251 e. The van der Waals surface area contributed by atoms with E-state index in [0.717, 1.165) is 0 Å². The Labute approximate surface area is 100 Å². The van der Waals surface area contributed by atoms with Crippen LogP contribution in [0.15, 0.2) is 24.3 Å². The second-order valence-electron chi connectivity index (χ2n) is 4.03. The Bertz CT molecular complexity index is 349. The second-order valence-corrected chi connectivity index (χ2v) is 4.46. The third-order valence-corrected chi connectivity index (χ3v) is 2.60. The third kappa shape index (κ3) is 3.83. The van der Waals surface area contributed by atoms with Gasteiger partial charge < -0.3 is 10.4 Å². The van der Waals surface area contributed by atoms with E-state index >= 15 is 0 Å². The maximum atomic E-state index is 11.6. The number of rotatable bonds is 4. The maximum Gasteiger partial charge on any atom is 0.251 e. The van der Waals surface area contributed by atoms with E-state index in [-0.39, 0.29) is 18.4 Å². The third-order valence-electron chi connectivity index (χ3n) is 2.35. The Hall–Kier alpha value is -1.06. The van der Waals surface area contributed by atoms with Crippen molar-refractivity contribution < 1.29 is 9.90 Å². The van der Waals surface area contributed by atoms with Gasteiger partial charge in [-0.2, -0.15) is 0 Å². The van der Waals surface area contributed by atoms with Crippen molar-refractivity contribution in [3.8, 4) is 0 Å². The largest absolute Gasteiger partial charge is 0.391 e. The molecule has 1 rings (SSSR count). The Morgan fingerprint density at radius 1 is 1.38 bits per heavy atom. The van der Waals surface area contributed by atoms with Crippen molar-refractivity contribution >= 4 is 17.5 Å². The van der Waals surface area contributed by atoms with Gasteiger partial charge in [-0.05, 0) is 30.2 Å². The van der Waals surface area contributed by atoms with Crippen LogP contribution >= 0.6 is 11.6 Å². The molecule has 0 fully saturated rings. The normalized spacial score (nSPS) is 12.6. The lowest BCUT2D eigenvalue weighted by Gasteiger charge is -2.14. The number of benzene rings is 1. The van der Waals surface area contributed by atoms with Gasteiger partial charge in [0.15, 0.2) is 0 Å². The number of hydrogen-bond donors (Lipinski definition) is 2. The molecule has 0 aliphatic carbocycles. The van der Waals surface area contributed by atoms with Crippen molar-refractivity contribution in [2.24, 2.45) is 5.92 Å². The molecule has 4 heteroatoms. The molecule has 2 N–H and O–H groups in total. The summed E-state index contributed by atoms with van der Waals surface area (Å²) in [5.74, 6) is -0.0677. The van der Waals surface area contributed by atoms with Crippen LogP contribution in [0.1, 0.15) is 24.2 Å². The van der Waals surface area contributed by atoms with Crippen molar-refractivity contribution in [2.75, 3.05) is 6.54 Å². The summed E-state index contributed by atoms with van der Waals surface area (Å²) in [4.78, 5) is 11.6. The minimum Gasteiger partial charge on any atom is -0.391 e. The van der Waals surface area contributed by atoms with Crippen LogP contribution in [-0.2, 0) is 0 Å². The molecule has 1 atom stereocenters. The van der Waals surface area contributed by atoms with Crippen LogP contribution in [0, 0.1) is 5.92 Å². The van der Waals surface area contributed by atoms with Gasteiger partial charge in [-0.1, -0.05) is 25.4 Å². The number of amides is 1. The molecule has 1 amide bonds. The summed E-state index contributed by atoms with van der Waals surface area (Å²) < 4.78 is 0. The van der Waals surface area contributed by atoms with Crippen molar-refractivity contribution in [2.45, 2.75) is 20.0 Å². The van der Waals surface area contributed by atoms with E-state index in [0.29, 0.717) is 10.6 Å². The summed E-state index contributed by atoms with van der Waals surface area (Å²) in [5.41, 5.74) is 0.542. The van der Waals surface area contributed by atoms with Crippen LogP contribution in [0.3, 0.4) is 0 Å². The molecule has 1 unspecified atom stereocenters. The molecule has 0 aliphatic heterocycles. The molecule has 0 radical (unpaired) electrons. The zero-order valence-corrected chi connectivity index (χ0v) is 10.2. The first-order valence-electron chi connectivity index (χ1n) is 5.22. The average Bonchev–Trinajstić information content (AvgIpc) is 2.26. The molecule has 3 nitrogen and oxygen atoms in total. The summed E-state index contributed by atoms with van der Waals surface area (Å²) >= 11 is 5.71. The van der Waals surface area contributed by atoms with Crippen LogP contribution in [0.25, 0.3) is 0 Å². The molecule has 88 valence electrons. The summed E-state index contributed by atoms with van der Waals surface area (Å²) in [6, 6.07) is 6.63. The topological polar surface area (TPSA) is 49.3 Å². The van der Waals surface area contributed by atoms with Crippen LogP contribution in [0.4, 0.5) is 0 Å². The highest BCUT2D eigenvalue weighted by Gasteiger charge is 2.11. The second kappa shape index (κ2) is 5.87. The first-order chi connectivity index (χ1) is 7.50. The molecule has 1 aromatic rings. The fraction of sp³-hybridized carbons (Fsp3) is 0.417. The number of carbonyl (C=O) groups excluding carboxylic acids is 1. The molecular formula is C12H16ClNO2. The van der Waals surface area contributed by atoms with Gasteiger partial charge in [0.2, 0.25) is 0 Å². The van der Waals surface area contributed by atoms with E-state index in [1.165, 1.54) is 0 Å². The quantitative estimate of drug-likeness (QED) is 0.848. The van der Waals surface area contributed by atoms with Crippen molar-refractivity contribution in [3.63, 3.8) is 0 Å². The highest BCUT2D eigenvalue weighted by atomic mass is 35.5. The van der Waals surface area contributed by atoms with Crippen LogP contribution in [0.5, 0.6) is 0 Å². The van der Waals surface area contributed by atoms with E-state index in [1.807, 2.05) is 13.8 Å². The fourth-order valence-electron chi connectivity index (χ4n) is 1.14. The lowest BCUT2D eigenvalue weighted by Crippen LogP contribution is -2.34. The van der Waals surface area contributed by atoms with E-state index < -0.39 is 6.10 Å². The van der Waals surface area contributed by atoms with Crippen molar-refractivity contribution in [3.05, 3.63) is 34.9 Å². The van der Waals surface area contributed by atoms with E-state index in [9.17, 15) is 9.90 Å². The first-order valence-corrected chi connectivity index (χ1v) is 5.60. The Morgan fingerprint density at radius 3 is 2.44 bits per heavy atom. The van der Waals surface area contributed by atoms with E-state index in [4.69, 9.17) is 11.6 Å². The minimum absolute atomic E-state index is 0.130. The first kappa shape index (κ1) is 13.0. The molecule has 0 aliphatic rings. The zero-order valence-electron chi connectivity index (χ0n) is 9.40. The number of nitrogens with one attached hydrogen (secondary N) is 1. The lowest BCUT2D eigenvalue weighted by molar-refractivity contribution is 0.0871. The Morgan fingerprint density at radius 2 is 1.94 bits per heavy atom. The van der Waals surface area contributed by atoms with Gasteiger partial charge in [-0.15, -0.1) is 0 Å². The summed E-state index contributed by atoms with van der Waals surface area (Å²) in [7, 11) is 0. The standard InChI is InChI=1S/C12H16ClNO2/c1-8(2)11(15)7-14-12(16)9-3-5-10(13)6-4-9/h3-6,8,11,15H,7H2,1-2H3,(H,14,16). The summed E-state index contributed by atoms with van der Waals surface area (Å²) in [5, 5.41) is 12.8. The number of halogens is 1. The van der Waals surface area contributed by atoms with Crippen molar-refractivity contribution in [1.29, 1.82) is 0 Å². The molecule has 1 aromatic carbocycles. The monoisotopic (exact) mass is 241 g/mol. The fourth-order valence-corrected chi connectivity index (χ4v) is 1.26. The highest BCUT2D eigenvalue weighted by Crippen LogP contribution is 2.09. The Kier molecular flexibility index (Phi) is 4.77. The average molecular weight is 242 g/mol. The molecule has 0 heterocycles. The van der Waals surface area contributed by atoms with Gasteiger partial charge in [0.1, 0.15) is 0 Å². The van der Waals surface area contributed by atoms with Gasteiger partial charge >= 0.3 is 0 Å². The Balaban J connectivity index is 2.50. The molecule has 0 saturated heterocycles. The van der Waals surface area contributed by atoms with Crippen LogP contribution in [-0.4, -0.2) is 23.7 Å². The molecular weight excluding hydrogens is 226 g/mol. The summed E-state index contributed by atoms with van der Waals surface area (Å²) in [6.45, 7) is 4.07. The van der Waals surface area contributed by atoms with Gasteiger partial charge in [0.25, 0.3) is 5.91 Å². The van der Waals surface area contributed by atoms with Crippen LogP contribution in [0.2, 0.25) is 5.02 Å². The predicted molar refractivity (Wildman–Crippen MR) is 64.6 cm³/mol. The number of aliphatic hydroxyl groups is 1. The van der Waals surface area contributed by atoms with E-state index in [2.05, 4.69) is 5.32 Å². The highest BCUT2D eigenvalue weighted by molar-refractivity contribution is 6.30. The minimum atomic E-state index is -0.517. The maximum absolute atomic E-state index is 11.6. The zero-order chi connectivity index (χ0) is 12.1. The number of aliphatic hydroxyl groups excluding tert-OH is 1. The van der Waals surface area contributed by atoms with Crippen molar-refractivity contribution in [1.82, 2.24) is 5.32 Å². The number of carbonyl (C=O) groups is 1.